The lowest BCUT2D eigenvalue weighted by atomic mass is 10.1. The molecule has 0 spiro atoms. The molecule has 0 aliphatic heterocycles. The second-order valence-electron chi connectivity index (χ2n) is 6.57. The monoisotopic (exact) mass is 283 g/mol. The Balaban J connectivity index is 1.98. The summed E-state index contributed by atoms with van der Waals surface area (Å²) < 4.78 is 2.17. The summed E-state index contributed by atoms with van der Waals surface area (Å²) in [4.78, 5) is 0. The molecule has 0 saturated heterocycles. The molecule has 0 unspecified atom stereocenters. The van der Waals surface area contributed by atoms with Gasteiger partial charge >= 0.3 is 0 Å². The maximum atomic E-state index is 4.69. The SMILES string of the molecule is Cc1ccc(-n2ncc(CNC(C)C)c2C2CC2)c(C)c1. The van der Waals surface area contributed by atoms with Crippen LogP contribution in [0.3, 0.4) is 0 Å². The maximum absolute atomic E-state index is 4.69. The molecule has 0 amide bonds. The van der Waals surface area contributed by atoms with Crippen molar-refractivity contribution >= 4 is 0 Å². The van der Waals surface area contributed by atoms with Crippen LogP contribution in [-0.2, 0) is 6.54 Å². The fourth-order valence-corrected chi connectivity index (χ4v) is 2.87. The van der Waals surface area contributed by atoms with Crippen LogP contribution in [0.25, 0.3) is 5.69 Å². The van der Waals surface area contributed by atoms with Gasteiger partial charge in [0, 0.05) is 24.1 Å². The molecule has 112 valence electrons. The number of aryl methyl sites for hydroxylation is 2. The van der Waals surface area contributed by atoms with Gasteiger partial charge in [0.1, 0.15) is 0 Å². The van der Waals surface area contributed by atoms with Gasteiger partial charge in [0.25, 0.3) is 0 Å². The van der Waals surface area contributed by atoms with E-state index < -0.39 is 0 Å². The van der Waals surface area contributed by atoms with Crippen LogP contribution in [0.15, 0.2) is 24.4 Å². The topological polar surface area (TPSA) is 29.9 Å². The highest BCUT2D eigenvalue weighted by molar-refractivity contribution is 5.45. The van der Waals surface area contributed by atoms with Crippen molar-refractivity contribution in [3.8, 4) is 5.69 Å². The second kappa shape index (κ2) is 5.64. The lowest BCUT2D eigenvalue weighted by Crippen LogP contribution is -2.22. The molecular weight excluding hydrogens is 258 g/mol. The van der Waals surface area contributed by atoms with E-state index in [9.17, 15) is 0 Å². The first-order valence-electron chi connectivity index (χ1n) is 7.94. The Morgan fingerprint density at radius 1 is 1.29 bits per heavy atom. The first kappa shape index (κ1) is 14.3. The lowest BCUT2D eigenvalue weighted by Gasteiger charge is -2.13. The molecule has 3 nitrogen and oxygen atoms in total. The zero-order chi connectivity index (χ0) is 15.0. The Morgan fingerprint density at radius 2 is 2.05 bits per heavy atom. The molecule has 1 aromatic heterocycles. The number of rotatable bonds is 5. The molecule has 21 heavy (non-hydrogen) atoms. The summed E-state index contributed by atoms with van der Waals surface area (Å²) in [6, 6.07) is 7.11. The van der Waals surface area contributed by atoms with Gasteiger partial charge in [-0.1, -0.05) is 31.5 Å². The van der Waals surface area contributed by atoms with Gasteiger partial charge < -0.3 is 5.32 Å². The largest absolute Gasteiger partial charge is 0.310 e. The molecule has 0 atom stereocenters. The highest BCUT2D eigenvalue weighted by Gasteiger charge is 2.30. The Kier molecular flexibility index (Phi) is 3.85. The molecule has 0 bridgehead atoms. The Bertz CT molecular complexity index is 636. The maximum Gasteiger partial charge on any atom is 0.0678 e. The van der Waals surface area contributed by atoms with E-state index in [1.165, 1.54) is 40.9 Å². The van der Waals surface area contributed by atoms with Gasteiger partial charge in [0.15, 0.2) is 0 Å². The van der Waals surface area contributed by atoms with Crippen LogP contribution in [0, 0.1) is 13.8 Å². The van der Waals surface area contributed by atoms with Gasteiger partial charge in [0.2, 0.25) is 0 Å². The van der Waals surface area contributed by atoms with E-state index in [0.29, 0.717) is 12.0 Å². The number of benzene rings is 1. The van der Waals surface area contributed by atoms with Crippen LogP contribution >= 0.6 is 0 Å². The molecule has 1 aliphatic carbocycles. The number of nitrogens with zero attached hydrogens (tertiary/aromatic N) is 2. The minimum atomic E-state index is 0.501. The van der Waals surface area contributed by atoms with Gasteiger partial charge in [-0.25, -0.2) is 4.68 Å². The number of nitrogens with one attached hydrogen (secondary N) is 1. The second-order valence-corrected chi connectivity index (χ2v) is 6.57. The Morgan fingerprint density at radius 3 is 2.67 bits per heavy atom. The van der Waals surface area contributed by atoms with E-state index in [4.69, 9.17) is 5.10 Å². The highest BCUT2D eigenvalue weighted by atomic mass is 15.3. The molecule has 1 saturated carbocycles. The fourth-order valence-electron chi connectivity index (χ4n) is 2.87. The van der Waals surface area contributed by atoms with Crippen molar-refractivity contribution in [2.45, 2.75) is 59.0 Å². The molecule has 0 radical (unpaired) electrons. The van der Waals surface area contributed by atoms with E-state index in [0.717, 1.165) is 6.54 Å². The van der Waals surface area contributed by atoms with Crippen molar-refractivity contribution in [1.29, 1.82) is 0 Å². The third-order valence-electron chi connectivity index (χ3n) is 4.13. The van der Waals surface area contributed by atoms with Crippen LogP contribution in [0.2, 0.25) is 0 Å². The van der Waals surface area contributed by atoms with Gasteiger partial charge in [-0.05, 0) is 38.3 Å². The molecule has 1 fully saturated rings. The van der Waals surface area contributed by atoms with Crippen LogP contribution < -0.4 is 5.32 Å². The van der Waals surface area contributed by atoms with Crippen molar-refractivity contribution in [1.82, 2.24) is 15.1 Å². The van der Waals surface area contributed by atoms with Crippen LogP contribution in [0.1, 0.15) is 55.0 Å². The summed E-state index contributed by atoms with van der Waals surface area (Å²) in [6.07, 6.45) is 4.64. The smallest absolute Gasteiger partial charge is 0.0678 e. The Labute approximate surface area is 127 Å². The first-order valence-corrected chi connectivity index (χ1v) is 7.94. The van der Waals surface area contributed by atoms with E-state index >= 15 is 0 Å². The minimum absolute atomic E-state index is 0.501. The van der Waals surface area contributed by atoms with Crippen LogP contribution in [0.4, 0.5) is 0 Å². The zero-order valence-electron chi connectivity index (χ0n) is 13.5. The summed E-state index contributed by atoms with van der Waals surface area (Å²) in [7, 11) is 0. The molecule has 1 heterocycles. The molecule has 1 aliphatic rings. The van der Waals surface area contributed by atoms with E-state index in [1.807, 2.05) is 6.20 Å². The quantitative estimate of drug-likeness (QED) is 0.903. The number of hydrogen-bond acceptors (Lipinski definition) is 2. The third kappa shape index (κ3) is 3.03. The lowest BCUT2D eigenvalue weighted by molar-refractivity contribution is 0.585. The average molecular weight is 283 g/mol. The summed E-state index contributed by atoms with van der Waals surface area (Å²) in [6.45, 7) is 9.59. The predicted molar refractivity (Wildman–Crippen MR) is 87.0 cm³/mol. The minimum Gasteiger partial charge on any atom is -0.310 e. The van der Waals surface area contributed by atoms with Gasteiger partial charge in [0.05, 0.1) is 17.6 Å². The molecule has 1 N–H and O–H groups in total. The van der Waals surface area contributed by atoms with Gasteiger partial charge in [-0.3, -0.25) is 0 Å². The number of aromatic nitrogens is 2. The fraction of sp³-hybridized carbons (Fsp3) is 0.500. The predicted octanol–water partition coefficient (Wildman–Crippen LogP) is 3.86. The van der Waals surface area contributed by atoms with Crippen molar-refractivity contribution in [2.24, 2.45) is 0 Å². The normalized spacial score (nSPS) is 14.9. The molecular formula is C18H25N3. The molecule has 1 aromatic carbocycles. The third-order valence-corrected chi connectivity index (χ3v) is 4.13. The highest BCUT2D eigenvalue weighted by Crippen LogP contribution is 2.42. The van der Waals surface area contributed by atoms with Crippen molar-refractivity contribution < 1.29 is 0 Å². The summed E-state index contributed by atoms with van der Waals surface area (Å²) in [5, 5.41) is 8.21. The standard InChI is InChI=1S/C18H25N3/c1-12(2)19-10-16-11-20-21(18(16)15-6-7-15)17-8-5-13(3)9-14(17)4/h5,8-9,11-12,15,19H,6-7,10H2,1-4H3. The van der Waals surface area contributed by atoms with Crippen LogP contribution in [-0.4, -0.2) is 15.8 Å². The number of hydrogen-bond donors (Lipinski definition) is 1. The summed E-state index contributed by atoms with van der Waals surface area (Å²) >= 11 is 0. The van der Waals surface area contributed by atoms with Crippen LogP contribution in [0.5, 0.6) is 0 Å². The van der Waals surface area contributed by atoms with E-state index in [1.54, 1.807) is 0 Å². The Hall–Kier alpha value is -1.61. The summed E-state index contributed by atoms with van der Waals surface area (Å²) in [5.74, 6) is 0.692. The molecule has 2 aromatic rings. The average Bonchev–Trinajstić information content (AvgIpc) is 3.17. The van der Waals surface area contributed by atoms with Gasteiger partial charge in [-0.15, -0.1) is 0 Å². The zero-order valence-corrected chi connectivity index (χ0v) is 13.5. The molecule has 3 heteroatoms. The molecule has 3 rings (SSSR count). The van der Waals surface area contributed by atoms with Crippen molar-refractivity contribution in [3.63, 3.8) is 0 Å². The first-order chi connectivity index (χ1) is 10.1. The van der Waals surface area contributed by atoms with Crippen molar-refractivity contribution in [2.75, 3.05) is 0 Å². The summed E-state index contributed by atoms with van der Waals surface area (Å²) in [5.41, 5.74) is 6.58. The van der Waals surface area contributed by atoms with E-state index in [-0.39, 0.29) is 0 Å². The van der Waals surface area contributed by atoms with E-state index in [2.05, 4.69) is 55.9 Å². The van der Waals surface area contributed by atoms with Gasteiger partial charge in [-0.2, -0.15) is 5.10 Å². The van der Waals surface area contributed by atoms with Crippen molar-refractivity contribution in [3.05, 3.63) is 46.8 Å².